The monoisotopic (exact) mass is 476 g/mol. The number of hydrogen-bond acceptors (Lipinski definition) is 5. The number of aromatic nitrogens is 4. The van der Waals surface area contributed by atoms with Crippen LogP contribution in [0.1, 0.15) is 43.4 Å². The standard InChI is InChI=1S/C23H21F5N6/c1-13(15-3-2-4-17(19(15)24)20(25)26)31-21-18-11-14(33-9-7-23(27,28)8-10-33)5-6-16(18)22-29-12-30-34(22)32-21/h2-6,11-13,20H,7-10H2,1H3,(H,31,32). The van der Waals surface area contributed by atoms with E-state index < -0.39 is 29.8 Å². The van der Waals surface area contributed by atoms with Crippen molar-refractivity contribution < 1.29 is 22.0 Å². The zero-order valence-corrected chi connectivity index (χ0v) is 18.2. The van der Waals surface area contributed by atoms with Crippen LogP contribution in [0.4, 0.5) is 33.5 Å². The Hall–Kier alpha value is -3.50. The summed E-state index contributed by atoms with van der Waals surface area (Å²) in [5, 5.41) is 13.0. The Balaban J connectivity index is 1.55. The Bertz CT molecular complexity index is 1340. The summed E-state index contributed by atoms with van der Waals surface area (Å²) in [5.41, 5.74) is 0.645. The van der Waals surface area contributed by atoms with Gasteiger partial charge in [-0.25, -0.2) is 26.9 Å². The lowest BCUT2D eigenvalue weighted by Crippen LogP contribution is -2.39. The predicted octanol–water partition coefficient (Wildman–Crippen LogP) is 5.76. The molecule has 1 aliphatic rings. The molecule has 1 saturated heterocycles. The molecule has 0 radical (unpaired) electrons. The SMILES string of the molecule is CC(Nc1nn2ncnc2c2ccc(N3CCC(F)(F)CC3)cc12)c1cccc(C(F)F)c1F. The van der Waals surface area contributed by atoms with E-state index in [2.05, 4.69) is 20.5 Å². The number of anilines is 2. The van der Waals surface area contributed by atoms with Crippen molar-refractivity contribution >= 4 is 27.9 Å². The fourth-order valence-electron chi connectivity index (χ4n) is 4.31. The highest BCUT2D eigenvalue weighted by atomic mass is 19.3. The molecule has 1 atom stereocenters. The summed E-state index contributed by atoms with van der Waals surface area (Å²) in [5.74, 6) is -3.30. The minimum absolute atomic E-state index is 0.0702. The zero-order chi connectivity index (χ0) is 24.0. The highest BCUT2D eigenvalue weighted by Gasteiger charge is 2.34. The van der Waals surface area contributed by atoms with Crippen molar-refractivity contribution in [1.29, 1.82) is 0 Å². The molecule has 1 aliphatic heterocycles. The molecule has 2 aromatic heterocycles. The molecule has 1 N–H and O–H groups in total. The van der Waals surface area contributed by atoms with Crippen LogP contribution in [-0.2, 0) is 0 Å². The maximum atomic E-state index is 14.7. The van der Waals surface area contributed by atoms with E-state index in [0.29, 0.717) is 22.2 Å². The van der Waals surface area contributed by atoms with Crippen molar-refractivity contribution in [3.05, 3.63) is 59.7 Å². The number of halogens is 5. The number of fused-ring (bicyclic) bond motifs is 3. The molecule has 4 aromatic rings. The molecule has 11 heteroatoms. The molecule has 1 unspecified atom stereocenters. The summed E-state index contributed by atoms with van der Waals surface area (Å²) >= 11 is 0. The molecule has 0 spiro atoms. The fraction of sp³-hybridized carbons (Fsp3) is 0.348. The average molecular weight is 476 g/mol. The van der Waals surface area contributed by atoms with E-state index >= 15 is 0 Å². The Morgan fingerprint density at radius 3 is 2.50 bits per heavy atom. The normalized spacial score (nSPS) is 17.0. The third-order valence-electron chi connectivity index (χ3n) is 6.20. The highest BCUT2D eigenvalue weighted by molar-refractivity contribution is 6.01. The Morgan fingerprint density at radius 2 is 1.76 bits per heavy atom. The molecule has 5 rings (SSSR count). The van der Waals surface area contributed by atoms with E-state index in [1.807, 2.05) is 23.1 Å². The van der Waals surface area contributed by atoms with Gasteiger partial charge in [-0.15, -0.1) is 14.8 Å². The van der Waals surface area contributed by atoms with E-state index in [9.17, 15) is 22.0 Å². The second-order valence-corrected chi connectivity index (χ2v) is 8.41. The van der Waals surface area contributed by atoms with Crippen molar-refractivity contribution in [1.82, 2.24) is 19.8 Å². The van der Waals surface area contributed by atoms with E-state index in [-0.39, 0.29) is 31.5 Å². The van der Waals surface area contributed by atoms with Gasteiger partial charge in [0.05, 0.1) is 11.6 Å². The average Bonchev–Trinajstić information content (AvgIpc) is 3.27. The van der Waals surface area contributed by atoms with Gasteiger partial charge >= 0.3 is 0 Å². The van der Waals surface area contributed by atoms with Crippen LogP contribution in [0.3, 0.4) is 0 Å². The molecule has 0 saturated carbocycles. The van der Waals surface area contributed by atoms with Gasteiger partial charge in [-0.2, -0.15) is 0 Å². The van der Waals surface area contributed by atoms with Gasteiger partial charge in [-0.1, -0.05) is 18.2 Å². The van der Waals surface area contributed by atoms with Crippen LogP contribution in [-0.4, -0.2) is 38.8 Å². The number of rotatable bonds is 5. The third-order valence-corrected chi connectivity index (χ3v) is 6.20. The van der Waals surface area contributed by atoms with Gasteiger partial charge in [0.15, 0.2) is 11.5 Å². The summed E-state index contributed by atoms with van der Waals surface area (Å²) in [6.07, 6.45) is -2.04. The van der Waals surface area contributed by atoms with Crippen molar-refractivity contribution in [3.63, 3.8) is 0 Å². The van der Waals surface area contributed by atoms with E-state index in [1.54, 1.807) is 6.92 Å². The minimum Gasteiger partial charge on any atom is -0.371 e. The molecule has 178 valence electrons. The number of nitrogens with one attached hydrogen (secondary N) is 1. The van der Waals surface area contributed by atoms with Crippen LogP contribution in [0.2, 0.25) is 0 Å². The van der Waals surface area contributed by atoms with Gasteiger partial charge in [-0.05, 0) is 25.1 Å². The largest absolute Gasteiger partial charge is 0.371 e. The van der Waals surface area contributed by atoms with Gasteiger partial charge < -0.3 is 10.2 Å². The summed E-state index contributed by atoms with van der Waals surface area (Å²) in [6, 6.07) is 8.65. The molecule has 0 aliphatic carbocycles. The Labute approximate surface area is 191 Å². The van der Waals surface area contributed by atoms with Gasteiger partial charge in [0.2, 0.25) is 0 Å². The molecule has 34 heavy (non-hydrogen) atoms. The third kappa shape index (κ3) is 3.99. The minimum atomic E-state index is -2.93. The number of piperidine rings is 1. The molecule has 0 bridgehead atoms. The molecule has 1 fully saturated rings. The van der Waals surface area contributed by atoms with E-state index in [1.165, 1.54) is 23.1 Å². The Morgan fingerprint density at radius 1 is 1.03 bits per heavy atom. The summed E-state index contributed by atoms with van der Waals surface area (Å²) in [7, 11) is 0. The molecule has 2 aromatic carbocycles. The molecular formula is C23H21F5N6. The fourth-order valence-corrected chi connectivity index (χ4v) is 4.31. The molecule has 6 nitrogen and oxygen atoms in total. The Kier molecular flexibility index (Phi) is 5.49. The van der Waals surface area contributed by atoms with Crippen LogP contribution in [0.15, 0.2) is 42.7 Å². The first kappa shape index (κ1) is 22.3. The van der Waals surface area contributed by atoms with Crippen LogP contribution < -0.4 is 10.2 Å². The van der Waals surface area contributed by atoms with Crippen LogP contribution >= 0.6 is 0 Å². The smallest absolute Gasteiger partial charge is 0.266 e. The first-order valence-corrected chi connectivity index (χ1v) is 10.8. The molecule has 0 amide bonds. The highest BCUT2D eigenvalue weighted by Crippen LogP contribution is 2.35. The number of alkyl halides is 4. The lowest BCUT2D eigenvalue weighted by Gasteiger charge is -2.33. The van der Waals surface area contributed by atoms with Crippen LogP contribution in [0.5, 0.6) is 0 Å². The maximum absolute atomic E-state index is 14.7. The number of nitrogens with zero attached hydrogens (tertiary/aromatic N) is 5. The summed E-state index contributed by atoms with van der Waals surface area (Å²) in [6.45, 7) is 2.07. The predicted molar refractivity (Wildman–Crippen MR) is 118 cm³/mol. The second-order valence-electron chi connectivity index (χ2n) is 8.41. The number of hydrogen-bond donors (Lipinski definition) is 1. The van der Waals surface area contributed by atoms with E-state index in [0.717, 1.165) is 11.8 Å². The van der Waals surface area contributed by atoms with Gasteiger partial charge in [0.25, 0.3) is 12.3 Å². The van der Waals surface area contributed by atoms with Crippen molar-refractivity contribution in [2.45, 2.75) is 38.2 Å². The van der Waals surface area contributed by atoms with Crippen molar-refractivity contribution in [3.8, 4) is 0 Å². The first-order valence-electron chi connectivity index (χ1n) is 10.8. The van der Waals surface area contributed by atoms with Crippen molar-refractivity contribution in [2.24, 2.45) is 0 Å². The molecule has 3 heterocycles. The van der Waals surface area contributed by atoms with Crippen LogP contribution in [0.25, 0.3) is 16.4 Å². The lowest BCUT2D eigenvalue weighted by molar-refractivity contribution is -0.0220. The lowest BCUT2D eigenvalue weighted by atomic mass is 10.0. The van der Waals surface area contributed by atoms with Gasteiger partial charge in [-0.3, -0.25) is 0 Å². The maximum Gasteiger partial charge on any atom is 0.266 e. The van der Waals surface area contributed by atoms with Gasteiger partial charge in [0.1, 0.15) is 12.1 Å². The summed E-state index contributed by atoms with van der Waals surface area (Å²) < 4.78 is 69.6. The number of benzene rings is 2. The zero-order valence-electron chi connectivity index (χ0n) is 18.2. The summed E-state index contributed by atoms with van der Waals surface area (Å²) in [4.78, 5) is 6.12. The van der Waals surface area contributed by atoms with E-state index in [4.69, 9.17) is 0 Å². The first-order chi connectivity index (χ1) is 16.2. The topological polar surface area (TPSA) is 58.4 Å². The van der Waals surface area contributed by atoms with Gasteiger partial charge in [0, 0.05) is 48.0 Å². The van der Waals surface area contributed by atoms with Crippen LogP contribution in [0, 0.1) is 5.82 Å². The molecular weight excluding hydrogens is 455 g/mol. The quantitative estimate of drug-likeness (QED) is 0.371. The second kappa shape index (κ2) is 8.37. The van der Waals surface area contributed by atoms with Crippen molar-refractivity contribution in [2.75, 3.05) is 23.3 Å².